The smallest absolute Gasteiger partial charge is 0.248 e. The summed E-state index contributed by atoms with van der Waals surface area (Å²) in [5.74, 6) is -2.15. The average molecular weight is 589 g/mol. The molecule has 2 bridgehead atoms. The molecule has 3 heterocycles. The highest BCUT2D eigenvalue weighted by molar-refractivity contribution is 9.09. The summed E-state index contributed by atoms with van der Waals surface area (Å²) in [6.07, 6.45) is 4.33. The van der Waals surface area contributed by atoms with Crippen LogP contribution in [0.15, 0.2) is 55.6 Å². The molecule has 8 nitrogen and oxygen atoms in total. The standard InChI is InChI=1S/C29H38BrN3O5/c1-5-14-31(19(3)4)28(37)25-29-18-21(30)24(38-29)22(23(29)27(36)33(25)16-10-11-17-34)26(35)32(15-6-2)20-12-8-7-9-13-20/h5-9,12-13,19,21-25,34H,1-2,10-11,14-18H2,3-4H3/t21?,22-,23+,24-,25?,29?/m1/s1. The van der Waals surface area contributed by atoms with Crippen molar-refractivity contribution < 1.29 is 24.2 Å². The van der Waals surface area contributed by atoms with Gasteiger partial charge in [0.2, 0.25) is 17.7 Å². The van der Waals surface area contributed by atoms with Crippen LogP contribution in [0, 0.1) is 11.8 Å². The molecule has 1 aromatic carbocycles. The number of hydrogen-bond donors (Lipinski definition) is 1. The third-order valence-corrected chi connectivity index (χ3v) is 8.84. The first-order valence-corrected chi connectivity index (χ1v) is 14.3. The summed E-state index contributed by atoms with van der Waals surface area (Å²) >= 11 is 3.74. The highest BCUT2D eigenvalue weighted by Crippen LogP contribution is 2.60. The number of hydrogen-bond acceptors (Lipinski definition) is 5. The molecule has 3 unspecified atom stereocenters. The van der Waals surface area contributed by atoms with Crippen LogP contribution in [-0.4, -0.2) is 87.5 Å². The van der Waals surface area contributed by atoms with E-state index in [1.165, 1.54) is 0 Å². The first-order chi connectivity index (χ1) is 18.2. The van der Waals surface area contributed by atoms with Gasteiger partial charge in [0.05, 0.1) is 17.9 Å². The highest BCUT2D eigenvalue weighted by atomic mass is 79.9. The van der Waals surface area contributed by atoms with E-state index >= 15 is 0 Å². The number of benzene rings is 1. The van der Waals surface area contributed by atoms with Crippen LogP contribution in [0.5, 0.6) is 0 Å². The van der Waals surface area contributed by atoms with Crippen molar-refractivity contribution in [2.24, 2.45) is 11.8 Å². The topological polar surface area (TPSA) is 90.4 Å². The molecule has 206 valence electrons. The molecule has 3 aliphatic heterocycles. The molecule has 1 aromatic rings. The maximum absolute atomic E-state index is 14.2. The summed E-state index contributed by atoms with van der Waals surface area (Å²) in [6, 6.07) is 8.37. The second-order valence-electron chi connectivity index (χ2n) is 10.6. The van der Waals surface area contributed by atoms with E-state index in [0.29, 0.717) is 32.4 Å². The fraction of sp³-hybridized carbons (Fsp3) is 0.552. The lowest BCUT2D eigenvalue weighted by Gasteiger charge is -2.38. The van der Waals surface area contributed by atoms with Gasteiger partial charge in [0.1, 0.15) is 11.6 Å². The van der Waals surface area contributed by atoms with Crippen molar-refractivity contribution in [3.05, 3.63) is 55.6 Å². The average Bonchev–Trinajstić information content (AvgIpc) is 3.49. The van der Waals surface area contributed by atoms with Gasteiger partial charge in [0.15, 0.2) is 0 Å². The Balaban J connectivity index is 1.77. The van der Waals surface area contributed by atoms with Crippen molar-refractivity contribution in [2.45, 2.75) is 61.7 Å². The molecule has 3 aliphatic rings. The van der Waals surface area contributed by atoms with Crippen LogP contribution in [0.2, 0.25) is 0 Å². The Labute approximate surface area is 233 Å². The number of ether oxygens (including phenoxy) is 1. The van der Waals surface area contributed by atoms with Crippen LogP contribution in [0.25, 0.3) is 0 Å². The minimum absolute atomic E-state index is 0.000542. The Bertz CT molecular complexity index is 1070. The van der Waals surface area contributed by atoms with Crippen LogP contribution in [0.1, 0.15) is 33.1 Å². The van der Waals surface area contributed by atoms with Crippen molar-refractivity contribution in [3.8, 4) is 0 Å². The van der Waals surface area contributed by atoms with Gasteiger partial charge in [-0.2, -0.15) is 0 Å². The minimum Gasteiger partial charge on any atom is -0.396 e. The van der Waals surface area contributed by atoms with Crippen molar-refractivity contribution in [3.63, 3.8) is 0 Å². The Morgan fingerprint density at radius 3 is 2.47 bits per heavy atom. The van der Waals surface area contributed by atoms with E-state index < -0.39 is 29.6 Å². The molecule has 1 spiro atoms. The fourth-order valence-corrected chi connectivity index (χ4v) is 7.36. The molecule has 0 aromatic heterocycles. The summed E-state index contributed by atoms with van der Waals surface area (Å²) < 4.78 is 6.64. The van der Waals surface area contributed by atoms with Gasteiger partial charge in [-0.25, -0.2) is 0 Å². The minimum atomic E-state index is -1.11. The molecule has 6 atom stereocenters. The Hall–Kier alpha value is -2.49. The number of halogens is 1. The van der Waals surface area contributed by atoms with Gasteiger partial charge in [0, 0.05) is 42.8 Å². The molecule has 9 heteroatoms. The van der Waals surface area contributed by atoms with E-state index in [1.807, 2.05) is 44.2 Å². The molecule has 38 heavy (non-hydrogen) atoms. The normalized spacial score (nSPS) is 29.4. The van der Waals surface area contributed by atoms with Crippen LogP contribution in [-0.2, 0) is 19.1 Å². The lowest BCUT2D eigenvalue weighted by Crippen LogP contribution is -2.58. The number of rotatable bonds is 12. The van der Waals surface area contributed by atoms with Gasteiger partial charge in [-0.1, -0.05) is 46.3 Å². The van der Waals surface area contributed by atoms with Gasteiger partial charge in [-0.15, -0.1) is 13.2 Å². The molecule has 0 radical (unpaired) electrons. The highest BCUT2D eigenvalue weighted by Gasteiger charge is 2.76. The second kappa shape index (κ2) is 11.7. The number of carbonyl (C=O) groups excluding carboxylic acids is 3. The lowest BCUT2D eigenvalue weighted by atomic mass is 9.70. The zero-order valence-corrected chi connectivity index (χ0v) is 23.8. The number of para-hydroxylation sites is 1. The zero-order chi connectivity index (χ0) is 27.6. The summed E-state index contributed by atoms with van der Waals surface area (Å²) in [5.41, 5.74) is -0.396. The van der Waals surface area contributed by atoms with Gasteiger partial charge in [0.25, 0.3) is 0 Å². The number of aliphatic hydroxyl groups is 1. The summed E-state index contributed by atoms with van der Waals surface area (Å²) in [5, 5.41) is 9.37. The zero-order valence-electron chi connectivity index (χ0n) is 22.2. The number of carbonyl (C=O) groups is 3. The molecule has 4 rings (SSSR count). The van der Waals surface area contributed by atoms with Crippen molar-refractivity contribution >= 4 is 39.3 Å². The van der Waals surface area contributed by atoms with Crippen molar-refractivity contribution in [1.29, 1.82) is 0 Å². The maximum Gasteiger partial charge on any atom is 0.248 e. The van der Waals surface area contributed by atoms with Crippen LogP contribution in [0.3, 0.4) is 0 Å². The van der Waals surface area contributed by atoms with Crippen LogP contribution >= 0.6 is 15.9 Å². The number of fused-ring (bicyclic) bond motifs is 1. The Morgan fingerprint density at radius 2 is 1.87 bits per heavy atom. The number of unbranched alkanes of at least 4 members (excludes halogenated alkanes) is 1. The van der Waals surface area contributed by atoms with Gasteiger partial charge in [-0.05, 0) is 45.2 Å². The number of alkyl halides is 1. The molecular formula is C29H38BrN3O5. The van der Waals surface area contributed by atoms with E-state index in [-0.39, 0.29) is 41.7 Å². The number of anilines is 1. The maximum atomic E-state index is 14.2. The summed E-state index contributed by atoms with van der Waals surface area (Å²) in [7, 11) is 0. The SMILES string of the molecule is C=CCN(C(=O)[C@H]1[C@@H]2OC3(CC2Br)C(C(=O)N(CC=C)C(C)C)N(CCCCO)C(=O)[C@H]13)c1ccccc1. The first-order valence-electron chi connectivity index (χ1n) is 13.3. The Morgan fingerprint density at radius 1 is 1.18 bits per heavy atom. The third-order valence-electron chi connectivity index (χ3n) is 7.99. The van der Waals surface area contributed by atoms with Crippen LogP contribution in [0.4, 0.5) is 5.69 Å². The molecule has 3 amide bonds. The predicted octanol–water partition coefficient (Wildman–Crippen LogP) is 3.15. The first kappa shape index (κ1) is 28.5. The molecule has 3 fully saturated rings. The quantitative estimate of drug-likeness (QED) is 0.230. The summed E-state index contributed by atoms with van der Waals surface area (Å²) in [4.78, 5) is 47.3. The molecule has 1 N–H and O–H groups in total. The predicted molar refractivity (Wildman–Crippen MR) is 150 cm³/mol. The fourth-order valence-electron chi connectivity index (χ4n) is 6.42. The van der Waals surface area contributed by atoms with Crippen LogP contribution < -0.4 is 4.90 Å². The second-order valence-corrected chi connectivity index (χ2v) is 11.7. The van der Waals surface area contributed by atoms with E-state index in [4.69, 9.17) is 4.74 Å². The monoisotopic (exact) mass is 587 g/mol. The van der Waals surface area contributed by atoms with Crippen molar-refractivity contribution in [2.75, 3.05) is 31.1 Å². The van der Waals surface area contributed by atoms with Crippen molar-refractivity contribution in [1.82, 2.24) is 9.80 Å². The Kier molecular flexibility index (Phi) is 8.79. The lowest BCUT2D eigenvalue weighted by molar-refractivity contribution is -0.149. The van der Waals surface area contributed by atoms with Gasteiger partial charge in [-0.3, -0.25) is 14.4 Å². The summed E-state index contributed by atoms with van der Waals surface area (Å²) in [6.45, 7) is 12.5. The van der Waals surface area contributed by atoms with E-state index in [1.54, 1.807) is 26.9 Å². The molecule has 3 saturated heterocycles. The van der Waals surface area contributed by atoms with E-state index in [2.05, 4.69) is 29.1 Å². The molecule has 0 saturated carbocycles. The number of likely N-dealkylation sites (tertiary alicyclic amines) is 1. The molecular weight excluding hydrogens is 550 g/mol. The van der Waals surface area contributed by atoms with Gasteiger partial charge >= 0.3 is 0 Å². The van der Waals surface area contributed by atoms with E-state index in [9.17, 15) is 19.5 Å². The number of amides is 3. The molecule has 0 aliphatic carbocycles. The van der Waals surface area contributed by atoms with Gasteiger partial charge < -0.3 is 24.5 Å². The van der Waals surface area contributed by atoms with E-state index in [0.717, 1.165) is 5.69 Å². The number of aliphatic hydroxyl groups excluding tert-OH is 1. The number of nitrogens with zero attached hydrogens (tertiary/aromatic N) is 3. The largest absolute Gasteiger partial charge is 0.396 e. The third kappa shape index (κ3) is 4.73.